The Morgan fingerprint density at radius 3 is 2.53 bits per heavy atom. The quantitative estimate of drug-likeness (QED) is 0.673. The standard InChI is InChI=1S/C7H6N2.C4H4O4/c1-2-4-7-6(3-1)8-5-9-7;5-3(6)1-2-4(7)8/h1-5H,(H,8,9);1-2H,(H,5,6)(H,7,8)/b;2-1-. The zero-order valence-corrected chi connectivity index (χ0v) is 8.71. The first-order valence-electron chi connectivity index (χ1n) is 4.65. The summed E-state index contributed by atoms with van der Waals surface area (Å²) in [5, 5.41) is 17.2. The Labute approximate surface area is 96.2 Å². The van der Waals surface area contributed by atoms with Gasteiger partial charge in [0.2, 0.25) is 6.33 Å². The zero-order valence-electron chi connectivity index (χ0n) is 8.71. The first kappa shape index (κ1) is 12.4. The van der Waals surface area contributed by atoms with Crippen molar-refractivity contribution in [3.05, 3.63) is 42.7 Å². The molecular weight excluding hydrogens is 224 g/mol. The number of H-pyrrole nitrogens is 2. The highest BCUT2D eigenvalue weighted by Crippen LogP contribution is 2.01. The van der Waals surface area contributed by atoms with Crippen LogP contribution < -0.4 is 10.1 Å². The number of aliphatic carboxylic acids is 2. The van der Waals surface area contributed by atoms with Gasteiger partial charge in [0.15, 0.2) is 11.0 Å². The fourth-order valence-electron chi connectivity index (χ4n) is 1.07. The van der Waals surface area contributed by atoms with E-state index < -0.39 is 11.9 Å². The largest absolute Gasteiger partial charge is 0.545 e. The van der Waals surface area contributed by atoms with E-state index >= 15 is 0 Å². The van der Waals surface area contributed by atoms with Gasteiger partial charge in [-0.05, 0) is 18.2 Å². The summed E-state index contributed by atoms with van der Waals surface area (Å²) in [7, 11) is 0. The van der Waals surface area contributed by atoms with Crippen molar-refractivity contribution < 1.29 is 24.8 Å². The van der Waals surface area contributed by atoms with E-state index in [4.69, 9.17) is 5.11 Å². The average molecular weight is 234 g/mol. The maximum atomic E-state index is 9.53. The van der Waals surface area contributed by atoms with Crippen LogP contribution in [0.5, 0.6) is 0 Å². The van der Waals surface area contributed by atoms with Crippen molar-refractivity contribution in [3.8, 4) is 0 Å². The monoisotopic (exact) mass is 234 g/mol. The van der Waals surface area contributed by atoms with Crippen molar-refractivity contribution >= 4 is 23.0 Å². The molecule has 1 aromatic carbocycles. The van der Waals surface area contributed by atoms with Gasteiger partial charge in [-0.15, -0.1) is 0 Å². The Morgan fingerprint density at radius 2 is 2.00 bits per heavy atom. The Morgan fingerprint density at radius 1 is 1.29 bits per heavy atom. The maximum Gasteiger partial charge on any atom is 0.328 e. The lowest BCUT2D eigenvalue weighted by molar-refractivity contribution is -0.344. The molecule has 0 radical (unpaired) electrons. The third-order valence-corrected chi connectivity index (χ3v) is 1.74. The Hall–Kier alpha value is -2.63. The molecule has 17 heavy (non-hydrogen) atoms. The summed E-state index contributed by atoms with van der Waals surface area (Å²) in [6.07, 6.45) is 2.77. The SMILES string of the molecule is O=C([O-])/C=C\C(=O)O.c1ccc2[nH+]c[nH]c2c1. The van der Waals surface area contributed by atoms with E-state index in [1.165, 1.54) is 0 Å². The second-order valence-electron chi connectivity index (χ2n) is 2.97. The van der Waals surface area contributed by atoms with Crippen molar-refractivity contribution in [1.29, 1.82) is 0 Å². The molecule has 6 heteroatoms. The van der Waals surface area contributed by atoms with Crippen molar-refractivity contribution in [2.24, 2.45) is 0 Å². The van der Waals surface area contributed by atoms with Crippen LogP contribution in [-0.4, -0.2) is 22.0 Å². The Kier molecular flexibility index (Phi) is 4.44. The summed E-state index contributed by atoms with van der Waals surface area (Å²) in [6, 6.07) is 8.08. The average Bonchev–Trinajstić information content (AvgIpc) is 2.75. The number of benzene rings is 1. The van der Waals surface area contributed by atoms with Gasteiger partial charge in [-0.3, -0.25) is 0 Å². The molecule has 0 atom stereocenters. The third-order valence-electron chi connectivity index (χ3n) is 1.74. The molecule has 3 N–H and O–H groups in total. The van der Waals surface area contributed by atoms with E-state index in [9.17, 15) is 14.7 Å². The van der Waals surface area contributed by atoms with E-state index in [-0.39, 0.29) is 0 Å². The van der Waals surface area contributed by atoms with Crippen LogP contribution in [0.4, 0.5) is 0 Å². The van der Waals surface area contributed by atoms with Gasteiger partial charge in [0.25, 0.3) is 0 Å². The number of hydrogen-bond acceptors (Lipinski definition) is 3. The third kappa shape index (κ3) is 4.61. The lowest BCUT2D eigenvalue weighted by Crippen LogP contribution is -2.19. The minimum absolute atomic E-state index is 0.447. The van der Waals surface area contributed by atoms with Gasteiger partial charge in [0, 0.05) is 6.08 Å². The van der Waals surface area contributed by atoms with Crippen molar-refractivity contribution in [3.63, 3.8) is 0 Å². The molecule has 0 unspecified atom stereocenters. The number of aromatic nitrogens is 2. The maximum absolute atomic E-state index is 9.53. The van der Waals surface area contributed by atoms with E-state index in [1.807, 2.05) is 30.6 Å². The molecule has 2 aromatic rings. The van der Waals surface area contributed by atoms with Crippen LogP contribution >= 0.6 is 0 Å². The highest BCUT2D eigenvalue weighted by atomic mass is 16.4. The van der Waals surface area contributed by atoms with Crippen LogP contribution in [0.15, 0.2) is 42.7 Å². The molecule has 1 heterocycles. The smallest absolute Gasteiger partial charge is 0.328 e. The molecule has 0 aliphatic rings. The number of carboxylic acids is 2. The van der Waals surface area contributed by atoms with Gasteiger partial charge in [0.05, 0.1) is 5.97 Å². The van der Waals surface area contributed by atoms with Crippen LogP contribution in [-0.2, 0) is 9.59 Å². The van der Waals surface area contributed by atoms with E-state index in [1.54, 1.807) is 0 Å². The summed E-state index contributed by atoms with van der Waals surface area (Å²) in [4.78, 5) is 25.1. The van der Waals surface area contributed by atoms with Crippen molar-refractivity contribution in [2.75, 3.05) is 0 Å². The molecule has 0 fully saturated rings. The molecule has 0 spiro atoms. The van der Waals surface area contributed by atoms with Crippen LogP contribution in [0.25, 0.3) is 11.0 Å². The van der Waals surface area contributed by atoms with Gasteiger partial charge in [0.1, 0.15) is 0 Å². The predicted molar refractivity (Wildman–Crippen MR) is 56.6 cm³/mol. The van der Waals surface area contributed by atoms with Crippen LogP contribution in [0.3, 0.4) is 0 Å². The van der Waals surface area contributed by atoms with Crippen molar-refractivity contribution in [1.82, 2.24) is 4.98 Å². The number of fused-ring (bicyclic) bond motifs is 1. The summed E-state index contributed by atoms with van der Waals surface area (Å²) in [5.74, 6) is -2.80. The van der Waals surface area contributed by atoms with Crippen molar-refractivity contribution in [2.45, 2.75) is 0 Å². The molecule has 0 amide bonds. The van der Waals surface area contributed by atoms with Crippen LogP contribution in [0.1, 0.15) is 0 Å². The number of hydrogen-bond donors (Lipinski definition) is 2. The molecule has 1 aromatic heterocycles. The fourth-order valence-corrected chi connectivity index (χ4v) is 1.07. The molecule has 2 rings (SSSR count). The molecule has 0 aliphatic carbocycles. The summed E-state index contributed by atoms with van der Waals surface area (Å²) >= 11 is 0. The number of nitrogens with one attached hydrogen (secondary N) is 2. The number of carboxylic acid groups (broad SMARTS) is 2. The summed E-state index contributed by atoms with van der Waals surface area (Å²) in [5.41, 5.74) is 2.30. The molecule has 0 bridgehead atoms. The van der Waals surface area contributed by atoms with Gasteiger partial charge in [-0.2, -0.15) is 0 Å². The lowest BCUT2D eigenvalue weighted by Gasteiger charge is -1.85. The topological polar surface area (TPSA) is 107 Å². The highest BCUT2D eigenvalue weighted by Gasteiger charge is 1.95. The number of carbonyl (C=O) groups excluding carboxylic acids is 1. The first-order chi connectivity index (χ1) is 8.09. The van der Waals surface area contributed by atoms with Crippen LogP contribution in [0, 0.1) is 0 Å². The Balaban J connectivity index is 0.000000172. The second-order valence-corrected chi connectivity index (χ2v) is 2.97. The van der Waals surface area contributed by atoms with Gasteiger partial charge >= 0.3 is 5.97 Å². The molecule has 6 nitrogen and oxygen atoms in total. The van der Waals surface area contributed by atoms with E-state index in [0.717, 1.165) is 11.0 Å². The fraction of sp³-hybridized carbons (Fsp3) is 0. The number of carbonyl (C=O) groups is 2. The molecular formula is C11H10N2O4. The molecule has 0 aliphatic heterocycles. The number of imidazole rings is 1. The Bertz CT molecular complexity index is 499. The lowest BCUT2D eigenvalue weighted by atomic mass is 10.3. The zero-order chi connectivity index (χ0) is 12.7. The second kappa shape index (κ2) is 6.06. The first-order valence-corrected chi connectivity index (χ1v) is 4.65. The van der Waals surface area contributed by atoms with Gasteiger partial charge in [-0.25, -0.2) is 14.8 Å². The van der Waals surface area contributed by atoms with E-state index in [0.29, 0.717) is 12.2 Å². The number of rotatable bonds is 2. The predicted octanol–water partition coefficient (Wildman–Crippen LogP) is -0.641. The number of para-hydroxylation sites is 2. The molecule has 0 saturated heterocycles. The summed E-state index contributed by atoms with van der Waals surface area (Å²) in [6.45, 7) is 0. The molecule has 0 saturated carbocycles. The highest BCUT2D eigenvalue weighted by molar-refractivity contribution is 5.88. The molecule has 88 valence electrons. The van der Waals surface area contributed by atoms with Crippen LogP contribution in [0.2, 0.25) is 0 Å². The van der Waals surface area contributed by atoms with Gasteiger partial charge < -0.3 is 15.0 Å². The summed E-state index contributed by atoms with van der Waals surface area (Å²) < 4.78 is 0. The minimum Gasteiger partial charge on any atom is -0.545 e. The number of aromatic amines is 2. The minimum atomic E-state index is -1.51. The van der Waals surface area contributed by atoms with E-state index in [2.05, 4.69) is 9.97 Å². The van der Waals surface area contributed by atoms with Gasteiger partial charge in [-0.1, -0.05) is 12.1 Å². The normalized spacial score (nSPS) is 9.88.